The van der Waals surface area contributed by atoms with Gasteiger partial charge in [-0.05, 0) is 37.1 Å². The number of nitrogens with zero attached hydrogens (tertiary/aromatic N) is 1. The maximum absolute atomic E-state index is 11.8. The van der Waals surface area contributed by atoms with Crippen LogP contribution in [0.4, 0.5) is 5.69 Å². The third-order valence-corrected chi connectivity index (χ3v) is 2.60. The van der Waals surface area contributed by atoms with Crippen LogP contribution in [0.3, 0.4) is 0 Å². The normalized spacial score (nSPS) is 10.1. The van der Waals surface area contributed by atoms with E-state index >= 15 is 0 Å². The molecule has 0 bridgehead atoms. The Kier molecular flexibility index (Phi) is 5.36. The average molecular weight is 264 g/mol. The minimum Gasteiger partial charge on any atom is -0.462 e. The Morgan fingerprint density at radius 3 is 2.53 bits per heavy atom. The smallest absolute Gasteiger partial charge is 0.338 e. The van der Waals surface area contributed by atoms with E-state index in [-0.39, 0.29) is 12.5 Å². The van der Waals surface area contributed by atoms with Gasteiger partial charge in [0.05, 0.1) is 12.2 Å². The molecule has 5 heteroatoms. The summed E-state index contributed by atoms with van der Waals surface area (Å²) in [4.78, 5) is 24.6. The molecule has 0 atom stereocenters. The van der Waals surface area contributed by atoms with Gasteiger partial charge in [-0.1, -0.05) is 0 Å². The Labute approximate surface area is 113 Å². The summed E-state index contributed by atoms with van der Waals surface area (Å²) >= 11 is 0. The maximum atomic E-state index is 11.8. The molecule has 0 aliphatic rings. The van der Waals surface area contributed by atoms with Crippen LogP contribution in [0.1, 0.15) is 28.8 Å². The Hall–Kier alpha value is -2.04. The minimum atomic E-state index is -0.410. The van der Waals surface area contributed by atoms with Gasteiger partial charge in [-0.15, -0.1) is 0 Å². The first-order chi connectivity index (χ1) is 8.90. The number of amides is 1. The molecule has 1 amide bonds. The number of nitrogens with two attached hydrogens (primary N) is 1. The Morgan fingerprint density at radius 2 is 1.95 bits per heavy atom. The summed E-state index contributed by atoms with van der Waals surface area (Å²) in [5.74, 6) is -0.386. The van der Waals surface area contributed by atoms with Crippen LogP contribution in [0.5, 0.6) is 0 Å². The number of carbonyl (C=O) groups excluding carboxylic acids is 2. The molecule has 0 spiro atoms. The molecule has 0 radical (unpaired) electrons. The summed E-state index contributed by atoms with van der Waals surface area (Å²) < 4.78 is 5.10. The van der Waals surface area contributed by atoms with E-state index in [0.717, 1.165) is 5.56 Å². The molecule has 0 saturated heterocycles. The summed E-state index contributed by atoms with van der Waals surface area (Å²) in [7, 11) is 3.40. The largest absolute Gasteiger partial charge is 0.462 e. The van der Waals surface area contributed by atoms with E-state index in [2.05, 4.69) is 0 Å². The fourth-order valence-corrected chi connectivity index (χ4v) is 1.63. The van der Waals surface area contributed by atoms with Crippen molar-refractivity contribution >= 4 is 17.6 Å². The van der Waals surface area contributed by atoms with Gasteiger partial charge in [0.15, 0.2) is 0 Å². The number of anilines is 1. The third-order valence-electron chi connectivity index (χ3n) is 2.60. The molecule has 1 aromatic carbocycles. The minimum absolute atomic E-state index is 0.0239. The lowest BCUT2D eigenvalue weighted by molar-refractivity contribution is -0.128. The van der Waals surface area contributed by atoms with Crippen LogP contribution in [0.2, 0.25) is 0 Å². The molecule has 104 valence electrons. The van der Waals surface area contributed by atoms with Gasteiger partial charge in [-0.2, -0.15) is 0 Å². The Bertz CT molecular complexity index is 450. The van der Waals surface area contributed by atoms with E-state index < -0.39 is 5.97 Å². The molecule has 0 aromatic heterocycles. The number of rotatable bonds is 5. The second-order valence-electron chi connectivity index (χ2n) is 4.66. The van der Waals surface area contributed by atoms with Gasteiger partial charge in [-0.25, -0.2) is 4.79 Å². The number of ether oxygens (including phenoxy) is 1. The van der Waals surface area contributed by atoms with Crippen LogP contribution < -0.4 is 5.73 Å². The first-order valence-corrected chi connectivity index (χ1v) is 6.14. The highest BCUT2D eigenvalue weighted by Crippen LogP contribution is 2.12. The van der Waals surface area contributed by atoms with Crippen molar-refractivity contribution in [3.8, 4) is 0 Å². The van der Waals surface area contributed by atoms with Crippen molar-refractivity contribution in [3.05, 3.63) is 29.3 Å². The molecular weight excluding hydrogens is 244 g/mol. The van der Waals surface area contributed by atoms with Crippen LogP contribution in [0, 0.1) is 6.92 Å². The molecule has 5 nitrogen and oxygen atoms in total. The van der Waals surface area contributed by atoms with Crippen molar-refractivity contribution in [1.29, 1.82) is 0 Å². The summed E-state index contributed by atoms with van der Waals surface area (Å²) in [6.07, 6.45) is 0.889. The average Bonchev–Trinajstić information content (AvgIpc) is 2.32. The highest BCUT2D eigenvalue weighted by atomic mass is 16.5. The molecule has 0 heterocycles. The van der Waals surface area contributed by atoms with E-state index in [1.54, 1.807) is 32.3 Å². The summed E-state index contributed by atoms with van der Waals surface area (Å²) in [5.41, 5.74) is 7.56. The van der Waals surface area contributed by atoms with Crippen molar-refractivity contribution in [2.45, 2.75) is 19.8 Å². The summed E-state index contributed by atoms with van der Waals surface area (Å²) in [5, 5.41) is 0. The fraction of sp³-hybridized carbons (Fsp3) is 0.429. The molecule has 0 aliphatic heterocycles. The topological polar surface area (TPSA) is 72.6 Å². The van der Waals surface area contributed by atoms with Crippen molar-refractivity contribution in [1.82, 2.24) is 4.90 Å². The highest BCUT2D eigenvalue weighted by Gasteiger charge is 2.09. The highest BCUT2D eigenvalue weighted by molar-refractivity contribution is 5.90. The number of nitrogen functional groups attached to an aromatic ring is 1. The van der Waals surface area contributed by atoms with E-state index in [9.17, 15) is 9.59 Å². The van der Waals surface area contributed by atoms with Gasteiger partial charge >= 0.3 is 5.97 Å². The van der Waals surface area contributed by atoms with Crippen LogP contribution in [-0.4, -0.2) is 37.5 Å². The lowest BCUT2D eigenvalue weighted by atomic mass is 10.1. The molecule has 0 aliphatic carbocycles. The van der Waals surface area contributed by atoms with Gasteiger partial charge < -0.3 is 15.4 Å². The Morgan fingerprint density at radius 1 is 1.26 bits per heavy atom. The van der Waals surface area contributed by atoms with Gasteiger partial charge in [-0.3, -0.25) is 4.79 Å². The molecule has 2 N–H and O–H groups in total. The Balaban J connectivity index is 2.41. The second-order valence-corrected chi connectivity index (χ2v) is 4.66. The van der Waals surface area contributed by atoms with Crippen molar-refractivity contribution in [2.75, 3.05) is 26.4 Å². The second kappa shape index (κ2) is 6.78. The molecule has 0 saturated carbocycles. The monoisotopic (exact) mass is 264 g/mol. The summed E-state index contributed by atoms with van der Waals surface area (Å²) in [6, 6.07) is 5.09. The number of hydrogen-bond acceptors (Lipinski definition) is 4. The third kappa shape index (κ3) is 4.99. The lowest BCUT2D eigenvalue weighted by Crippen LogP contribution is -2.21. The van der Waals surface area contributed by atoms with Crippen LogP contribution >= 0.6 is 0 Å². The molecule has 0 unspecified atom stereocenters. The van der Waals surface area contributed by atoms with E-state index in [1.165, 1.54) is 4.90 Å². The van der Waals surface area contributed by atoms with Gasteiger partial charge in [0, 0.05) is 26.2 Å². The maximum Gasteiger partial charge on any atom is 0.338 e. The lowest BCUT2D eigenvalue weighted by Gasteiger charge is -2.10. The standard InChI is InChI=1S/C14H20N2O3/c1-10-7-11(9-12(15)8-10)14(18)19-6-4-5-13(17)16(2)3/h7-9H,4-6,15H2,1-3H3. The number of aryl methyl sites for hydroxylation is 1. The zero-order valence-corrected chi connectivity index (χ0v) is 11.6. The zero-order chi connectivity index (χ0) is 14.4. The fourth-order valence-electron chi connectivity index (χ4n) is 1.63. The SMILES string of the molecule is Cc1cc(N)cc(C(=O)OCCCC(=O)N(C)C)c1. The van der Waals surface area contributed by atoms with Gasteiger partial charge in [0.2, 0.25) is 5.91 Å². The summed E-state index contributed by atoms with van der Waals surface area (Å²) in [6.45, 7) is 2.09. The van der Waals surface area contributed by atoms with E-state index in [1.807, 2.05) is 6.92 Å². The van der Waals surface area contributed by atoms with Crippen molar-refractivity contribution in [2.24, 2.45) is 0 Å². The molecule has 0 fully saturated rings. The zero-order valence-electron chi connectivity index (χ0n) is 11.6. The van der Waals surface area contributed by atoms with Crippen LogP contribution in [-0.2, 0) is 9.53 Å². The van der Waals surface area contributed by atoms with Gasteiger partial charge in [0.25, 0.3) is 0 Å². The molecule has 1 aromatic rings. The van der Waals surface area contributed by atoms with Crippen molar-refractivity contribution in [3.63, 3.8) is 0 Å². The van der Waals surface area contributed by atoms with E-state index in [4.69, 9.17) is 10.5 Å². The molecular formula is C14H20N2O3. The predicted molar refractivity (Wildman–Crippen MR) is 73.8 cm³/mol. The first kappa shape index (κ1) is 15.0. The molecule has 19 heavy (non-hydrogen) atoms. The number of carbonyl (C=O) groups is 2. The first-order valence-electron chi connectivity index (χ1n) is 6.14. The van der Waals surface area contributed by atoms with Gasteiger partial charge in [0.1, 0.15) is 0 Å². The van der Waals surface area contributed by atoms with Crippen molar-refractivity contribution < 1.29 is 14.3 Å². The number of esters is 1. The molecule has 1 rings (SSSR count). The number of hydrogen-bond donors (Lipinski definition) is 1. The number of benzene rings is 1. The predicted octanol–water partition coefficient (Wildman–Crippen LogP) is 1.60. The quantitative estimate of drug-likeness (QED) is 0.498. The van der Waals surface area contributed by atoms with Crippen LogP contribution in [0.15, 0.2) is 18.2 Å². The van der Waals surface area contributed by atoms with Crippen LogP contribution in [0.25, 0.3) is 0 Å². The van der Waals surface area contributed by atoms with E-state index in [0.29, 0.717) is 24.1 Å².